The largest absolute Gasteiger partial charge is 0.423 e. The number of amides is 2. The minimum atomic E-state index is -0.475. The summed E-state index contributed by atoms with van der Waals surface area (Å²) in [5.74, 6) is 0.427. The Morgan fingerprint density at radius 3 is 1.66 bits per heavy atom. The second kappa shape index (κ2) is 17.2. The van der Waals surface area contributed by atoms with Gasteiger partial charge in [-0.15, -0.1) is 0 Å². The van der Waals surface area contributed by atoms with Crippen molar-refractivity contribution < 1.29 is 28.9 Å². The number of fused-ring (bicyclic) bond motifs is 4. The summed E-state index contributed by atoms with van der Waals surface area (Å²) in [4.78, 5) is 50.5. The topological polar surface area (TPSA) is 103 Å². The van der Waals surface area contributed by atoms with Crippen LogP contribution in [0.4, 0.5) is 11.4 Å². The Labute approximate surface area is 344 Å². The molecule has 1 spiro atoms. The minimum Gasteiger partial charge on any atom is -0.423 e. The van der Waals surface area contributed by atoms with E-state index in [4.69, 9.17) is 14.5 Å². The molecule has 0 bridgehead atoms. The second-order valence-electron chi connectivity index (χ2n) is 15.0. The molecule has 2 amide bonds. The van der Waals surface area contributed by atoms with E-state index in [9.17, 15) is 14.4 Å². The van der Waals surface area contributed by atoms with Gasteiger partial charge in [-0.25, -0.2) is 4.79 Å². The summed E-state index contributed by atoms with van der Waals surface area (Å²) in [7, 11) is 0. The summed E-state index contributed by atoms with van der Waals surface area (Å²) in [6, 6.07) is 41.9. The molecule has 0 aromatic heterocycles. The van der Waals surface area contributed by atoms with Crippen molar-refractivity contribution in [1.82, 2.24) is 0 Å². The van der Waals surface area contributed by atoms with Crippen molar-refractivity contribution in [2.75, 3.05) is 17.2 Å². The molecule has 0 heterocycles. The fourth-order valence-electron chi connectivity index (χ4n) is 8.29. The van der Waals surface area contributed by atoms with Gasteiger partial charge in [0.05, 0.1) is 0 Å². The number of nitrogens with one attached hydrogen (secondary N) is 2. The number of esters is 1. The van der Waals surface area contributed by atoms with Gasteiger partial charge in [-0.3, -0.25) is 9.59 Å². The van der Waals surface area contributed by atoms with Gasteiger partial charge in [0.1, 0.15) is 12.4 Å². The van der Waals surface area contributed by atoms with Crippen LogP contribution < -0.4 is 20.3 Å². The third-order valence-electron chi connectivity index (χ3n) is 11.2. The van der Waals surface area contributed by atoms with Crippen LogP contribution in [-0.4, -0.2) is 24.4 Å². The highest BCUT2D eigenvalue weighted by Crippen LogP contribution is 2.57. The number of carbonyl (C=O) groups is 3. The summed E-state index contributed by atoms with van der Waals surface area (Å²) in [6.45, 7) is 4.05. The summed E-state index contributed by atoms with van der Waals surface area (Å²) in [6.07, 6.45) is 10.4. The number of aryl methyl sites for hydroxylation is 4. The van der Waals surface area contributed by atoms with Crippen molar-refractivity contribution in [3.05, 3.63) is 201 Å². The van der Waals surface area contributed by atoms with E-state index >= 15 is 0 Å². The van der Waals surface area contributed by atoms with E-state index in [1.54, 1.807) is 12.1 Å². The molecule has 0 aliphatic heterocycles. The zero-order chi connectivity index (χ0) is 40.8. The number of anilines is 2. The number of hydrogen-bond acceptors (Lipinski definition) is 6. The summed E-state index contributed by atoms with van der Waals surface area (Å²) < 4.78 is 6.08. The van der Waals surface area contributed by atoms with Crippen molar-refractivity contribution in [2.24, 2.45) is 0 Å². The molecule has 2 aliphatic rings. The van der Waals surface area contributed by atoms with Crippen LogP contribution in [0.2, 0.25) is 0 Å². The average molecular weight is 781 g/mol. The Kier molecular flexibility index (Phi) is 11.3. The first kappa shape index (κ1) is 38.8. The van der Waals surface area contributed by atoms with Gasteiger partial charge in [0, 0.05) is 45.1 Å². The molecule has 8 heteroatoms. The van der Waals surface area contributed by atoms with Gasteiger partial charge in [0.25, 0.3) is 11.8 Å². The van der Waals surface area contributed by atoms with Crippen LogP contribution in [0, 0.1) is 13.8 Å². The minimum absolute atomic E-state index is 0.139. The Balaban J connectivity index is 0.897. The highest BCUT2D eigenvalue weighted by molar-refractivity contribution is 6.06. The first-order valence-corrected chi connectivity index (χ1v) is 19.8. The normalized spacial score (nSPS) is 15.3. The van der Waals surface area contributed by atoms with E-state index in [0.717, 1.165) is 64.6 Å². The van der Waals surface area contributed by atoms with E-state index < -0.39 is 5.97 Å². The van der Waals surface area contributed by atoms with Gasteiger partial charge in [-0.1, -0.05) is 97.1 Å². The third-order valence-corrected chi connectivity index (χ3v) is 11.2. The third kappa shape index (κ3) is 8.49. The standard InChI is InChI=1S/C51H44N2O6/c1-34-10-3-5-15-42(34)49(55)52-40-24-19-36(20-25-40)12-9-33-57-59-45-18-8-14-39-30-32-51(48(39)45)31-29-38-13-7-17-44(47(38)51)58-46(54)28-23-37-21-26-41(27-22-37)53-50(56)43-16-6-4-11-35(43)2/h3-28H,29-33H2,1-2H3,(H,52,55)(H,53,56)/b12-9+,28-23+. The van der Waals surface area contributed by atoms with Gasteiger partial charge in [-0.2, -0.15) is 4.89 Å². The molecule has 2 aliphatic carbocycles. The summed E-state index contributed by atoms with van der Waals surface area (Å²) >= 11 is 0. The molecular weight excluding hydrogens is 737 g/mol. The number of ether oxygens (including phenoxy) is 1. The van der Waals surface area contributed by atoms with Crippen LogP contribution in [0.1, 0.15) is 78.1 Å². The number of rotatable bonds is 12. The highest BCUT2D eigenvalue weighted by Gasteiger charge is 2.49. The Morgan fingerprint density at radius 2 is 1.10 bits per heavy atom. The first-order valence-electron chi connectivity index (χ1n) is 19.8. The molecule has 1 unspecified atom stereocenters. The van der Waals surface area contributed by atoms with E-state index in [2.05, 4.69) is 22.8 Å². The lowest BCUT2D eigenvalue weighted by atomic mass is 9.76. The average Bonchev–Trinajstić information content (AvgIpc) is 3.83. The summed E-state index contributed by atoms with van der Waals surface area (Å²) in [5.41, 5.74) is 10.3. The van der Waals surface area contributed by atoms with Gasteiger partial charge >= 0.3 is 5.97 Å². The number of carbonyl (C=O) groups excluding carboxylic acids is 3. The van der Waals surface area contributed by atoms with Crippen LogP contribution >= 0.6 is 0 Å². The molecule has 59 heavy (non-hydrogen) atoms. The molecular formula is C51H44N2O6. The van der Waals surface area contributed by atoms with Crippen LogP contribution in [-0.2, 0) is 27.9 Å². The zero-order valence-electron chi connectivity index (χ0n) is 33.0. The van der Waals surface area contributed by atoms with Crippen molar-refractivity contribution in [3.8, 4) is 11.5 Å². The van der Waals surface area contributed by atoms with E-state index in [0.29, 0.717) is 34.0 Å². The van der Waals surface area contributed by atoms with Crippen LogP contribution in [0.15, 0.2) is 146 Å². The van der Waals surface area contributed by atoms with E-state index in [1.807, 2.05) is 141 Å². The maximum absolute atomic E-state index is 13.3. The van der Waals surface area contributed by atoms with Gasteiger partial charge in [0.15, 0.2) is 5.75 Å². The molecule has 8 nitrogen and oxygen atoms in total. The zero-order valence-corrected chi connectivity index (χ0v) is 33.0. The molecule has 2 N–H and O–H groups in total. The van der Waals surface area contributed by atoms with Crippen molar-refractivity contribution in [2.45, 2.75) is 44.9 Å². The van der Waals surface area contributed by atoms with E-state index in [1.165, 1.54) is 11.6 Å². The Bertz CT molecular complexity index is 2590. The molecule has 1 atom stereocenters. The SMILES string of the molecule is Cc1ccccc1C(=O)Nc1ccc(/C=C/COOc2cccc3c2C2(CC3)CCc3cccc(OC(=O)/C=C/c4ccc(NC(=O)c5ccccc5C)cc4)c32)cc1. The van der Waals surface area contributed by atoms with E-state index in [-0.39, 0.29) is 23.8 Å². The molecule has 0 saturated carbocycles. The second-order valence-corrected chi connectivity index (χ2v) is 15.0. The van der Waals surface area contributed by atoms with Gasteiger partial charge in [-0.05, 0) is 128 Å². The molecule has 0 saturated heterocycles. The summed E-state index contributed by atoms with van der Waals surface area (Å²) in [5, 5.41) is 5.89. The molecule has 0 radical (unpaired) electrons. The smallest absolute Gasteiger partial charge is 0.336 e. The Hall–Kier alpha value is -7.03. The lowest BCUT2D eigenvalue weighted by Crippen LogP contribution is -2.24. The van der Waals surface area contributed by atoms with Crippen LogP contribution in [0.25, 0.3) is 12.2 Å². The predicted molar refractivity (Wildman–Crippen MR) is 232 cm³/mol. The van der Waals surface area contributed by atoms with Crippen molar-refractivity contribution >= 4 is 41.3 Å². The number of benzene rings is 6. The number of hydrogen-bond donors (Lipinski definition) is 2. The highest BCUT2D eigenvalue weighted by atomic mass is 17.2. The van der Waals surface area contributed by atoms with Gasteiger partial charge in [0.2, 0.25) is 0 Å². The van der Waals surface area contributed by atoms with Crippen LogP contribution in [0.5, 0.6) is 11.5 Å². The lowest BCUT2D eigenvalue weighted by molar-refractivity contribution is -0.196. The van der Waals surface area contributed by atoms with Crippen molar-refractivity contribution in [3.63, 3.8) is 0 Å². The maximum atomic E-state index is 13.3. The molecule has 294 valence electrons. The van der Waals surface area contributed by atoms with Crippen molar-refractivity contribution in [1.29, 1.82) is 0 Å². The van der Waals surface area contributed by atoms with Crippen LogP contribution in [0.3, 0.4) is 0 Å². The Morgan fingerprint density at radius 1 is 0.593 bits per heavy atom. The monoisotopic (exact) mass is 780 g/mol. The fraction of sp³-hybridized carbons (Fsp3) is 0.157. The first-order chi connectivity index (χ1) is 28.8. The van der Waals surface area contributed by atoms with Gasteiger partial charge < -0.3 is 20.3 Å². The maximum Gasteiger partial charge on any atom is 0.336 e. The molecule has 6 aromatic carbocycles. The molecule has 8 rings (SSSR count). The molecule has 6 aromatic rings. The predicted octanol–water partition coefficient (Wildman–Crippen LogP) is 10.6. The molecule has 0 fully saturated rings. The fourth-order valence-corrected chi connectivity index (χ4v) is 8.29. The lowest BCUT2D eigenvalue weighted by Gasteiger charge is -2.29. The quantitative estimate of drug-likeness (QED) is 0.0320.